The van der Waals surface area contributed by atoms with Crippen molar-refractivity contribution in [1.29, 1.82) is 0 Å². The molecule has 1 atom stereocenters. The minimum atomic E-state index is 0.676. The van der Waals surface area contributed by atoms with Gasteiger partial charge in [0.25, 0.3) is 0 Å². The summed E-state index contributed by atoms with van der Waals surface area (Å²) in [5, 5.41) is 13.6. The van der Waals surface area contributed by atoms with Crippen molar-refractivity contribution in [2.75, 3.05) is 0 Å². The molecule has 0 spiro atoms. The molecule has 2 heterocycles. The highest BCUT2D eigenvalue weighted by molar-refractivity contribution is 7.98. The van der Waals surface area contributed by atoms with Crippen molar-refractivity contribution in [3.8, 4) is 11.4 Å². The number of nitrogens with zero attached hydrogens (tertiary/aromatic N) is 3. The van der Waals surface area contributed by atoms with Gasteiger partial charge >= 0.3 is 0 Å². The van der Waals surface area contributed by atoms with Gasteiger partial charge in [0.15, 0.2) is 11.0 Å². The monoisotopic (exact) mass is 437 g/mol. The van der Waals surface area contributed by atoms with E-state index in [1.807, 2.05) is 29.5 Å². The van der Waals surface area contributed by atoms with Gasteiger partial charge in [-0.3, -0.25) is 0 Å². The van der Waals surface area contributed by atoms with Crippen LogP contribution in [0.3, 0.4) is 0 Å². The minimum Gasteiger partial charge on any atom is -0.302 e. The van der Waals surface area contributed by atoms with Gasteiger partial charge in [-0.1, -0.05) is 48.0 Å². The first-order valence-electron chi connectivity index (χ1n) is 9.17. The fourth-order valence-electron chi connectivity index (χ4n) is 3.55. The Kier molecular flexibility index (Phi) is 5.83. The Morgan fingerprint density at radius 1 is 1.26 bits per heavy atom. The average Bonchev–Trinajstić information content (AvgIpc) is 3.24. The molecule has 142 valence electrons. The summed E-state index contributed by atoms with van der Waals surface area (Å²) < 4.78 is 2.20. The summed E-state index contributed by atoms with van der Waals surface area (Å²) in [4.78, 5) is 1.52. The number of benzene rings is 1. The third-order valence-corrected chi connectivity index (χ3v) is 7.84. The zero-order valence-electron chi connectivity index (χ0n) is 15.3. The third-order valence-electron chi connectivity index (χ3n) is 5.08. The van der Waals surface area contributed by atoms with E-state index in [-0.39, 0.29) is 0 Å². The molecule has 2 aromatic heterocycles. The van der Waals surface area contributed by atoms with Crippen LogP contribution in [0.5, 0.6) is 0 Å². The molecular formula is C20H21Cl2N3S2. The van der Waals surface area contributed by atoms with Crippen molar-refractivity contribution in [2.24, 2.45) is 5.92 Å². The van der Waals surface area contributed by atoms with Crippen molar-refractivity contribution in [1.82, 2.24) is 14.8 Å². The first-order chi connectivity index (χ1) is 13.1. The molecule has 0 saturated carbocycles. The van der Waals surface area contributed by atoms with Gasteiger partial charge in [-0.25, -0.2) is 0 Å². The molecule has 1 aliphatic rings. The highest BCUT2D eigenvalue weighted by atomic mass is 35.5. The molecule has 0 fully saturated rings. The molecular weight excluding hydrogens is 417 g/mol. The van der Waals surface area contributed by atoms with Crippen molar-refractivity contribution in [3.63, 3.8) is 0 Å². The summed E-state index contributed by atoms with van der Waals surface area (Å²) in [7, 11) is 0. The van der Waals surface area contributed by atoms with Crippen LogP contribution in [0.4, 0.5) is 0 Å². The van der Waals surface area contributed by atoms with Gasteiger partial charge < -0.3 is 4.57 Å². The van der Waals surface area contributed by atoms with E-state index < -0.39 is 0 Å². The van der Waals surface area contributed by atoms with Gasteiger partial charge in [-0.2, -0.15) is 0 Å². The van der Waals surface area contributed by atoms with E-state index in [0.717, 1.165) is 35.4 Å². The average molecular weight is 438 g/mol. The summed E-state index contributed by atoms with van der Waals surface area (Å²) in [5.74, 6) is 2.44. The van der Waals surface area contributed by atoms with E-state index in [1.54, 1.807) is 11.8 Å². The normalized spacial score (nSPS) is 16.5. The smallest absolute Gasteiger partial charge is 0.191 e. The molecule has 3 nitrogen and oxygen atoms in total. The lowest BCUT2D eigenvalue weighted by Gasteiger charge is -2.19. The molecule has 0 saturated heterocycles. The molecule has 0 N–H and O–H groups in total. The van der Waals surface area contributed by atoms with E-state index in [1.165, 1.54) is 28.8 Å². The van der Waals surface area contributed by atoms with Gasteiger partial charge in [0, 0.05) is 38.2 Å². The van der Waals surface area contributed by atoms with Crippen LogP contribution >= 0.6 is 46.3 Å². The van der Waals surface area contributed by atoms with Crippen LogP contribution in [0.15, 0.2) is 28.7 Å². The molecule has 0 bridgehead atoms. The Bertz CT molecular complexity index is 944. The van der Waals surface area contributed by atoms with E-state index in [9.17, 15) is 0 Å². The molecule has 0 radical (unpaired) electrons. The maximum Gasteiger partial charge on any atom is 0.191 e. The van der Waals surface area contributed by atoms with Crippen LogP contribution in [-0.4, -0.2) is 14.8 Å². The SMILES string of the molecule is CCn1c(SCc2c(Cl)cccc2Cl)nnc1-c1csc2c1CCC(C)C2. The number of rotatable bonds is 5. The highest BCUT2D eigenvalue weighted by Crippen LogP contribution is 2.39. The number of thiophene rings is 1. The molecule has 4 rings (SSSR count). The second-order valence-corrected chi connectivity index (χ2v) is 9.66. The van der Waals surface area contributed by atoms with Crippen LogP contribution in [-0.2, 0) is 25.1 Å². The van der Waals surface area contributed by atoms with Gasteiger partial charge in [-0.05, 0) is 55.4 Å². The van der Waals surface area contributed by atoms with E-state index in [2.05, 4.69) is 34.0 Å². The largest absolute Gasteiger partial charge is 0.302 e. The van der Waals surface area contributed by atoms with E-state index in [0.29, 0.717) is 15.8 Å². The predicted octanol–water partition coefficient (Wildman–Crippen LogP) is 6.75. The van der Waals surface area contributed by atoms with Crippen LogP contribution < -0.4 is 0 Å². The van der Waals surface area contributed by atoms with Crippen LogP contribution in [0, 0.1) is 5.92 Å². The number of hydrogen-bond acceptors (Lipinski definition) is 4. The molecule has 1 aliphatic carbocycles. The first kappa shape index (κ1) is 19.3. The zero-order valence-corrected chi connectivity index (χ0v) is 18.5. The van der Waals surface area contributed by atoms with Crippen molar-refractivity contribution >= 4 is 46.3 Å². The Labute approximate surface area is 178 Å². The predicted molar refractivity (Wildman–Crippen MR) is 116 cm³/mol. The van der Waals surface area contributed by atoms with Gasteiger partial charge in [-0.15, -0.1) is 21.5 Å². The van der Waals surface area contributed by atoms with E-state index >= 15 is 0 Å². The molecule has 0 aliphatic heterocycles. The molecule has 7 heteroatoms. The molecule has 27 heavy (non-hydrogen) atoms. The Balaban J connectivity index is 1.62. The third kappa shape index (κ3) is 3.80. The summed E-state index contributed by atoms with van der Waals surface area (Å²) in [6.07, 6.45) is 3.58. The molecule has 1 unspecified atom stereocenters. The van der Waals surface area contributed by atoms with Gasteiger partial charge in [0.05, 0.1) is 0 Å². The number of thioether (sulfide) groups is 1. The quantitative estimate of drug-likeness (QED) is 0.413. The Morgan fingerprint density at radius 2 is 2.04 bits per heavy atom. The fourth-order valence-corrected chi connectivity index (χ4v) is 6.54. The standard InChI is InChI=1S/C20H21Cl2N3S2/c1-3-25-19(14-10-26-18-9-12(2)7-8-13(14)18)23-24-20(25)27-11-15-16(21)5-4-6-17(15)22/h4-6,10,12H,3,7-9,11H2,1-2H3. The summed E-state index contributed by atoms with van der Waals surface area (Å²) in [6.45, 7) is 5.31. The number of fused-ring (bicyclic) bond motifs is 1. The topological polar surface area (TPSA) is 30.7 Å². The molecule has 1 aromatic carbocycles. The van der Waals surface area contributed by atoms with Crippen molar-refractivity contribution in [2.45, 2.75) is 50.6 Å². The number of hydrogen-bond donors (Lipinski definition) is 0. The number of aromatic nitrogens is 3. The maximum absolute atomic E-state index is 6.31. The summed E-state index contributed by atoms with van der Waals surface area (Å²) in [6, 6.07) is 5.61. The zero-order chi connectivity index (χ0) is 19.0. The second kappa shape index (κ2) is 8.16. The molecule has 3 aromatic rings. The minimum absolute atomic E-state index is 0.676. The first-order valence-corrected chi connectivity index (χ1v) is 11.8. The summed E-state index contributed by atoms with van der Waals surface area (Å²) >= 11 is 16.1. The molecule has 0 amide bonds. The van der Waals surface area contributed by atoms with Crippen molar-refractivity contribution < 1.29 is 0 Å². The van der Waals surface area contributed by atoms with E-state index in [4.69, 9.17) is 23.2 Å². The lowest BCUT2D eigenvalue weighted by atomic mass is 9.88. The Hall–Kier alpha value is -1.01. The second-order valence-electron chi connectivity index (χ2n) is 6.94. The van der Waals surface area contributed by atoms with Crippen LogP contribution in [0.25, 0.3) is 11.4 Å². The highest BCUT2D eigenvalue weighted by Gasteiger charge is 2.24. The van der Waals surface area contributed by atoms with Gasteiger partial charge in [0.2, 0.25) is 0 Å². The Morgan fingerprint density at radius 3 is 2.78 bits per heavy atom. The fraction of sp³-hybridized carbons (Fsp3) is 0.400. The lowest BCUT2D eigenvalue weighted by molar-refractivity contribution is 0.508. The number of halogens is 2. The van der Waals surface area contributed by atoms with Crippen LogP contribution in [0.2, 0.25) is 10.0 Å². The van der Waals surface area contributed by atoms with Gasteiger partial charge in [0.1, 0.15) is 0 Å². The lowest BCUT2D eigenvalue weighted by Crippen LogP contribution is -2.10. The summed E-state index contributed by atoms with van der Waals surface area (Å²) in [5.41, 5.74) is 3.68. The van der Waals surface area contributed by atoms with Crippen LogP contribution in [0.1, 0.15) is 36.3 Å². The maximum atomic E-state index is 6.31. The van der Waals surface area contributed by atoms with Crippen molar-refractivity contribution in [3.05, 3.63) is 49.6 Å².